The predicted molar refractivity (Wildman–Crippen MR) is 51.6 cm³/mol. The van der Waals surface area contributed by atoms with Crippen molar-refractivity contribution in [1.82, 2.24) is 0 Å². The van der Waals surface area contributed by atoms with Gasteiger partial charge in [0, 0.05) is 4.43 Å². The van der Waals surface area contributed by atoms with Gasteiger partial charge in [-0.05, 0) is 0 Å². The minimum absolute atomic E-state index is 0.0658. The van der Waals surface area contributed by atoms with Gasteiger partial charge in [-0.15, -0.1) is 11.6 Å². The number of ether oxygens (including phenoxy) is 2. The van der Waals surface area contributed by atoms with Gasteiger partial charge in [0.05, 0.1) is 18.6 Å². The average molecular weight is 302 g/mol. The molecule has 2 rings (SSSR count). The molecular weight excluding hydrogens is 294 g/mol. The van der Waals surface area contributed by atoms with Crippen molar-refractivity contribution in [3.8, 4) is 0 Å². The van der Waals surface area contributed by atoms with Crippen LogP contribution in [0.15, 0.2) is 0 Å². The SMILES string of the molecule is O=C1O[C@@H]2CO[C@@H](CI)[C@@H]2[C@@H]1Cl. The molecule has 0 saturated carbocycles. The van der Waals surface area contributed by atoms with E-state index < -0.39 is 5.38 Å². The van der Waals surface area contributed by atoms with Gasteiger partial charge < -0.3 is 9.47 Å². The number of hydrogen-bond donors (Lipinski definition) is 0. The fourth-order valence-corrected chi connectivity index (χ4v) is 2.91. The maximum absolute atomic E-state index is 11.0. The van der Waals surface area contributed by atoms with Crippen molar-refractivity contribution in [1.29, 1.82) is 0 Å². The lowest BCUT2D eigenvalue weighted by Crippen LogP contribution is -2.28. The van der Waals surface area contributed by atoms with Crippen LogP contribution in [0.3, 0.4) is 0 Å². The molecule has 0 spiro atoms. The van der Waals surface area contributed by atoms with Gasteiger partial charge in [0.2, 0.25) is 0 Å². The van der Waals surface area contributed by atoms with Crippen LogP contribution in [-0.2, 0) is 14.3 Å². The summed E-state index contributed by atoms with van der Waals surface area (Å²) in [5.74, 6) is -0.221. The van der Waals surface area contributed by atoms with E-state index in [0.29, 0.717) is 6.61 Å². The van der Waals surface area contributed by atoms with Gasteiger partial charge in [0.1, 0.15) is 11.5 Å². The summed E-state index contributed by atoms with van der Waals surface area (Å²) in [5.41, 5.74) is 0. The molecule has 0 aliphatic carbocycles. The Kier molecular flexibility index (Phi) is 2.49. The molecule has 2 heterocycles. The molecule has 2 fully saturated rings. The molecule has 0 radical (unpaired) electrons. The summed E-state index contributed by atoms with van der Waals surface area (Å²) in [7, 11) is 0. The van der Waals surface area contributed by atoms with Crippen molar-refractivity contribution >= 4 is 40.2 Å². The first-order valence-electron chi connectivity index (χ1n) is 3.76. The minimum atomic E-state index is -0.503. The van der Waals surface area contributed by atoms with Gasteiger partial charge >= 0.3 is 5.97 Å². The van der Waals surface area contributed by atoms with E-state index in [1.165, 1.54) is 0 Å². The number of alkyl halides is 2. The van der Waals surface area contributed by atoms with Gasteiger partial charge in [-0.3, -0.25) is 4.79 Å². The third-order valence-electron chi connectivity index (χ3n) is 2.32. The fraction of sp³-hybridized carbons (Fsp3) is 0.857. The Morgan fingerprint density at radius 3 is 3.08 bits per heavy atom. The molecule has 2 aliphatic heterocycles. The van der Waals surface area contributed by atoms with E-state index in [9.17, 15) is 4.79 Å². The predicted octanol–water partition coefficient (Wildman–Crippen LogP) is 0.969. The standard InChI is InChI=1S/C7H8ClIO3/c8-6-5-3(1-9)11-2-4(5)12-7(6)10/h3-6H,1-2H2/t3-,4+,5-,6-/m0/s1. The maximum Gasteiger partial charge on any atom is 0.324 e. The van der Waals surface area contributed by atoms with E-state index in [1.807, 2.05) is 0 Å². The van der Waals surface area contributed by atoms with Gasteiger partial charge in [-0.1, -0.05) is 22.6 Å². The molecule has 68 valence electrons. The third-order valence-corrected chi connectivity index (χ3v) is 3.65. The van der Waals surface area contributed by atoms with Crippen LogP contribution in [-0.4, -0.2) is 34.6 Å². The third kappa shape index (κ3) is 1.24. The number of fused-ring (bicyclic) bond motifs is 1. The summed E-state index contributed by atoms with van der Waals surface area (Å²) in [6, 6.07) is 0. The summed E-state index contributed by atoms with van der Waals surface area (Å²) in [6.07, 6.45) is -0.00989. The van der Waals surface area contributed by atoms with Crippen molar-refractivity contribution in [3.63, 3.8) is 0 Å². The zero-order valence-corrected chi connectivity index (χ0v) is 9.12. The monoisotopic (exact) mass is 302 g/mol. The highest BCUT2D eigenvalue weighted by molar-refractivity contribution is 14.1. The van der Waals surface area contributed by atoms with E-state index in [1.54, 1.807) is 0 Å². The van der Waals surface area contributed by atoms with Crippen molar-refractivity contribution in [2.45, 2.75) is 17.6 Å². The molecular formula is C7H8ClIO3. The summed E-state index contributed by atoms with van der Waals surface area (Å²) in [5, 5.41) is -0.503. The topological polar surface area (TPSA) is 35.5 Å². The van der Waals surface area contributed by atoms with E-state index in [4.69, 9.17) is 21.1 Å². The molecule has 0 amide bonds. The van der Waals surface area contributed by atoms with Gasteiger partial charge in [0.15, 0.2) is 0 Å². The first-order valence-corrected chi connectivity index (χ1v) is 5.72. The number of carbonyl (C=O) groups excluding carboxylic acids is 1. The van der Waals surface area contributed by atoms with Crippen LogP contribution in [0.4, 0.5) is 0 Å². The highest BCUT2D eigenvalue weighted by atomic mass is 127. The number of rotatable bonds is 1. The van der Waals surface area contributed by atoms with Crippen molar-refractivity contribution in [2.24, 2.45) is 5.92 Å². The second-order valence-electron chi connectivity index (χ2n) is 2.98. The summed E-state index contributed by atoms with van der Waals surface area (Å²) in [4.78, 5) is 11.0. The summed E-state index contributed by atoms with van der Waals surface area (Å²) < 4.78 is 11.3. The van der Waals surface area contributed by atoms with Crippen LogP contribution in [0.25, 0.3) is 0 Å². The molecule has 3 nitrogen and oxygen atoms in total. The largest absolute Gasteiger partial charge is 0.458 e. The number of halogens is 2. The Balaban J connectivity index is 2.15. The van der Waals surface area contributed by atoms with Gasteiger partial charge in [0.25, 0.3) is 0 Å². The highest BCUT2D eigenvalue weighted by Crippen LogP contribution is 2.36. The quantitative estimate of drug-likeness (QED) is 0.411. The molecule has 2 aliphatic rings. The molecule has 12 heavy (non-hydrogen) atoms. The number of esters is 1. The van der Waals surface area contributed by atoms with Crippen LogP contribution in [0.1, 0.15) is 0 Å². The van der Waals surface area contributed by atoms with Crippen LogP contribution >= 0.6 is 34.2 Å². The molecule has 0 N–H and O–H groups in total. The van der Waals surface area contributed by atoms with Crippen LogP contribution in [0.5, 0.6) is 0 Å². The highest BCUT2D eigenvalue weighted by Gasteiger charge is 2.51. The molecule has 5 heteroatoms. The first-order chi connectivity index (χ1) is 5.74. The normalized spacial score (nSPS) is 46.0. The summed E-state index contributed by atoms with van der Waals surface area (Å²) in [6.45, 7) is 0.507. The average Bonchev–Trinajstić information content (AvgIpc) is 2.55. The lowest BCUT2D eigenvalue weighted by molar-refractivity contribution is -0.142. The van der Waals surface area contributed by atoms with E-state index in [0.717, 1.165) is 4.43 Å². The molecule has 4 atom stereocenters. The molecule has 2 saturated heterocycles. The van der Waals surface area contributed by atoms with Crippen molar-refractivity contribution in [2.75, 3.05) is 11.0 Å². The Hall–Kier alpha value is 0.450. The molecule has 0 unspecified atom stereocenters. The minimum Gasteiger partial charge on any atom is -0.458 e. The number of hydrogen-bond acceptors (Lipinski definition) is 3. The fourth-order valence-electron chi connectivity index (χ4n) is 1.69. The van der Waals surface area contributed by atoms with E-state index in [2.05, 4.69) is 22.6 Å². The van der Waals surface area contributed by atoms with Crippen molar-refractivity contribution < 1.29 is 14.3 Å². The Morgan fingerprint density at radius 2 is 2.42 bits per heavy atom. The zero-order chi connectivity index (χ0) is 8.72. The Labute approximate surface area is 88.9 Å². The van der Waals surface area contributed by atoms with Crippen LogP contribution < -0.4 is 0 Å². The van der Waals surface area contributed by atoms with Crippen molar-refractivity contribution in [3.05, 3.63) is 0 Å². The molecule has 0 bridgehead atoms. The lowest BCUT2D eigenvalue weighted by Gasteiger charge is -2.13. The summed E-state index contributed by atoms with van der Waals surface area (Å²) >= 11 is 8.11. The van der Waals surface area contributed by atoms with Gasteiger partial charge in [-0.25, -0.2) is 0 Å². The molecule has 0 aromatic rings. The van der Waals surface area contributed by atoms with Crippen LogP contribution in [0.2, 0.25) is 0 Å². The maximum atomic E-state index is 11.0. The molecule has 0 aromatic carbocycles. The lowest BCUT2D eigenvalue weighted by atomic mass is 9.99. The smallest absolute Gasteiger partial charge is 0.324 e. The Morgan fingerprint density at radius 1 is 1.67 bits per heavy atom. The van der Waals surface area contributed by atoms with Crippen LogP contribution in [0, 0.1) is 5.92 Å². The zero-order valence-electron chi connectivity index (χ0n) is 6.20. The first kappa shape index (κ1) is 9.02. The van der Waals surface area contributed by atoms with E-state index in [-0.39, 0.29) is 24.1 Å². The number of carbonyl (C=O) groups is 1. The van der Waals surface area contributed by atoms with Gasteiger partial charge in [-0.2, -0.15) is 0 Å². The second kappa shape index (κ2) is 3.31. The Bertz CT molecular complexity index is 211. The molecule has 0 aromatic heterocycles. The second-order valence-corrected chi connectivity index (χ2v) is 4.33. The van der Waals surface area contributed by atoms with E-state index >= 15 is 0 Å².